The second-order valence-corrected chi connectivity index (χ2v) is 6.00. The Labute approximate surface area is 111 Å². The van der Waals surface area contributed by atoms with E-state index in [9.17, 15) is 9.90 Å². The molecule has 1 fully saturated rings. The van der Waals surface area contributed by atoms with Crippen LogP contribution in [0.4, 0.5) is 0 Å². The summed E-state index contributed by atoms with van der Waals surface area (Å²) < 4.78 is 0. The predicted octanol–water partition coefficient (Wildman–Crippen LogP) is 1.66. The molecule has 0 radical (unpaired) electrons. The quantitative estimate of drug-likeness (QED) is 0.873. The van der Waals surface area contributed by atoms with Crippen molar-refractivity contribution in [1.29, 1.82) is 0 Å². The molecule has 5 heteroatoms. The third kappa shape index (κ3) is 3.53. The SMILES string of the molecule is Cc1nc(CC(=O)NC2CCCCC2CO)cs1. The number of thiazole rings is 1. The van der Waals surface area contributed by atoms with Crippen LogP contribution in [0.3, 0.4) is 0 Å². The van der Waals surface area contributed by atoms with Crippen LogP contribution in [-0.2, 0) is 11.2 Å². The number of aliphatic hydroxyl groups is 1. The Hall–Kier alpha value is -0.940. The van der Waals surface area contributed by atoms with E-state index in [1.54, 1.807) is 11.3 Å². The number of carbonyl (C=O) groups is 1. The van der Waals surface area contributed by atoms with Crippen LogP contribution >= 0.6 is 11.3 Å². The largest absolute Gasteiger partial charge is 0.396 e. The van der Waals surface area contributed by atoms with Gasteiger partial charge in [0.15, 0.2) is 0 Å². The average molecular weight is 268 g/mol. The Bertz CT molecular complexity index is 405. The summed E-state index contributed by atoms with van der Waals surface area (Å²) in [6.45, 7) is 2.11. The molecule has 0 aromatic carbocycles. The van der Waals surface area contributed by atoms with Crippen LogP contribution in [0.25, 0.3) is 0 Å². The van der Waals surface area contributed by atoms with Crippen LogP contribution in [0, 0.1) is 12.8 Å². The molecule has 1 aromatic rings. The van der Waals surface area contributed by atoms with Crippen molar-refractivity contribution in [2.75, 3.05) is 6.61 Å². The molecule has 0 aliphatic heterocycles. The lowest BCUT2D eigenvalue weighted by atomic mass is 9.85. The number of rotatable bonds is 4. The first-order valence-electron chi connectivity index (χ1n) is 6.50. The second-order valence-electron chi connectivity index (χ2n) is 4.94. The smallest absolute Gasteiger partial charge is 0.226 e. The highest BCUT2D eigenvalue weighted by Crippen LogP contribution is 2.24. The molecule has 1 heterocycles. The zero-order chi connectivity index (χ0) is 13.0. The van der Waals surface area contributed by atoms with Crippen LogP contribution < -0.4 is 5.32 Å². The summed E-state index contributed by atoms with van der Waals surface area (Å²) in [5.74, 6) is 0.241. The lowest BCUT2D eigenvalue weighted by Crippen LogP contribution is -2.44. The van der Waals surface area contributed by atoms with Crippen LogP contribution in [0.15, 0.2) is 5.38 Å². The lowest BCUT2D eigenvalue weighted by molar-refractivity contribution is -0.121. The molecule has 0 bridgehead atoms. The number of aliphatic hydroxyl groups excluding tert-OH is 1. The van der Waals surface area contributed by atoms with E-state index in [-0.39, 0.29) is 24.5 Å². The monoisotopic (exact) mass is 268 g/mol. The fourth-order valence-corrected chi connectivity index (χ4v) is 3.14. The lowest BCUT2D eigenvalue weighted by Gasteiger charge is -2.30. The van der Waals surface area contributed by atoms with Crippen LogP contribution in [0.1, 0.15) is 36.4 Å². The van der Waals surface area contributed by atoms with Gasteiger partial charge in [0.1, 0.15) is 0 Å². The molecular formula is C13H20N2O2S. The van der Waals surface area contributed by atoms with Gasteiger partial charge in [-0.2, -0.15) is 0 Å². The first kappa shape index (κ1) is 13.5. The molecule has 18 heavy (non-hydrogen) atoms. The minimum absolute atomic E-state index is 0.0191. The molecule has 4 nitrogen and oxygen atoms in total. The first-order chi connectivity index (χ1) is 8.69. The van der Waals surface area contributed by atoms with E-state index in [4.69, 9.17) is 0 Å². The molecule has 2 N–H and O–H groups in total. The summed E-state index contributed by atoms with van der Waals surface area (Å²) in [7, 11) is 0. The van der Waals surface area contributed by atoms with Gasteiger partial charge < -0.3 is 10.4 Å². The maximum Gasteiger partial charge on any atom is 0.226 e. The van der Waals surface area contributed by atoms with Gasteiger partial charge in [0.05, 0.1) is 17.1 Å². The molecule has 0 spiro atoms. The van der Waals surface area contributed by atoms with Crippen LogP contribution in [0.5, 0.6) is 0 Å². The van der Waals surface area contributed by atoms with E-state index in [2.05, 4.69) is 10.3 Å². The summed E-state index contributed by atoms with van der Waals surface area (Å²) in [6, 6.07) is 0.135. The number of aromatic nitrogens is 1. The number of nitrogens with one attached hydrogen (secondary N) is 1. The van der Waals surface area contributed by atoms with E-state index in [0.29, 0.717) is 6.42 Å². The molecule has 2 atom stereocenters. The van der Waals surface area contributed by atoms with E-state index >= 15 is 0 Å². The van der Waals surface area contributed by atoms with Crippen molar-refractivity contribution < 1.29 is 9.90 Å². The maximum atomic E-state index is 11.9. The van der Waals surface area contributed by atoms with Gasteiger partial charge >= 0.3 is 0 Å². The molecule has 1 aromatic heterocycles. The molecule has 1 amide bonds. The number of hydrogen-bond donors (Lipinski definition) is 2. The predicted molar refractivity (Wildman–Crippen MR) is 71.5 cm³/mol. The first-order valence-corrected chi connectivity index (χ1v) is 7.38. The third-order valence-corrected chi connectivity index (χ3v) is 4.32. The van der Waals surface area contributed by atoms with E-state index in [1.807, 2.05) is 12.3 Å². The van der Waals surface area contributed by atoms with Crippen molar-refractivity contribution >= 4 is 17.2 Å². The van der Waals surface area contributed by atoms with Gasteiger partial charge in [0, 0.05) is 23.9 Å². The van der Waals surface area contributed by atoms with E-state index < -0.39 is 0 Å². The molecule has 0 saturated heterocycles. The van der Waals surface area contributed by atoms with Gasteiger partial charge in [-0.05, 0) is 19.8 Å². The maximum absolute atomic E-state index is 11.9. The average Bonchev–Trinajstić information content (AvgIpc) is 2.75. The number of carbonyl (C=O) groups excluding carboxylic acids is 1. The summed E-state index contributed by atoms with van der Waals surface area (Å²) in [5, 5.41) is 15.3. The highest BCUT2D eigenvalue weighted by molar-refractivity contribution is 7.09. The van der Waals surface area contributed by atoms with E-state index in [1.165, 1.54) is 0 Å². The van der Waals surface area contributed by atoms with Gasteiger partial charge in [-0.25, -0.2) is 4.98 Å². The fourth-order valence-electron chi connectivity index (χ4n) is 2.53. The zero-order valence-corrected chi connectivity index (χ0v) is 11.5. The van der Waals surface area contributed by atoms with Gasteiger partial charge in [-0.1, -0.05) is 12.8 Å². The highest BCUT2D eigenvalue weighted by Gasteiger charge is 2.25. The van der Waals surface area contributed by atoms with E-state index in [0.717, 1.165) is 36.4 Å². The number of aryl methyl sites for hydroxylation is 1. The van der Waals surface area contributed by atoms with Crippen molar-refractivity contribution in [3.8, 4) is 0 Å². The number of amides is 1. The fraction of sp³-hybridized carbons (Fsp3) is 0.692. The Morgan fingerprint density at radius 1 is 1.56 bits per heavy atom. The normalized spacial score (nSPS) is 23.9. The Kier molecular flexibility index (Phi) is 4.72. The molecule has 1 aliphatic rings. The molecular weight excluding hydrogens is 248 g/mol. The van der Waals surface area contributed by atoms with Crippen molar-refractivity contribution in [1.82, 2.24) is 10.3 Å². The summed E-state index contributed by atoms with van der Waals surface area (Å²) in [5.41, 5.74) is 0.839. The third-order valence-electron chi connectivity index (χ3n) is 3.50. The zero-order valence-electron chi connectivity index (χ0n) is 10.7. The highest BCUT2D eigenvalue weighted by atomic mass is 32.1. The van der Waals surface area contributed by atoms with Gasteiger partial charge in [-0.15, -0.1) is 11.3 Å². The van der Waals surface area contributed by atoms with Crippen LogP contribution in [-0.4, -0.2) is 28.6 Å². The Balaban J connectivity index is 1.86. The summed E-state index contributed by atoms with van der Waals surface area (Å²) in [4.78, 5) is 16.2. The molecule has 1 aliphatic carbocycles. The number of hydrogen-bond acceptors (Lipinski definition) is 4. The summed E-state index contributed by atoms with van der Waals surface area (Å²) >= 11 is 1.57. The Morgan fingerprint density at radius 3 is 3.00 bits per heavy atom. The standard InChI is InChI=1S/C13H20N2O2S/c1-9-14-11(8-18-9)6-13(17)15-12-5-3-2-4-10(12)7-16/h8,10,12,16H,2-7H2,1H3,(H,15,17). The molecule has 2 rings (SSSR count). The van der Waals surface area contributed by atoms with Crippen LogP contribution in [0.2, 0.25) is 0 Å². The molecule has 2 unspecified atom stereocenters. The topological polar surface area (TPSA) is 62.2 Å². The van der Waals surface area contributed by atoms with Crippen molar-refractivity contribution in [2.24, 2.45) is 5.92 Å². The summed E-state index contributed by atoms with van der Waals surface area (Å²) in [6.07, 6.45) is 4.63. The van der Waals surface area contributed by atoms with Gasteiger partial charge in [0.2, 0.25) is 5.91 Å². The minimum atomic E-state index is 0.0191. The molecule has 1 saturated carbocycles. The number of nitrogens with zero attached hydrogens (tertiary/aromatic N) is 1. The van der Waals surface area contributed by atoms with Crippen molar-refractivity contribution in [3.63, 3.8) is 0 Å². The van der Waals surface area contributed by atoms with Gasteiger partial charge in [-0.3, -0.25) is 4.79 Å². The second kappa shape index (κ2) is 6.29. The minimum Gasteiger partial charge on any atom is -0.396 e. The van der Waals surface area contributed by atoms with Crippen molar-refractivity contribution in [3.05, 3.63) is 16.1 Å². The van der Waals surface area contributed by atoms with Gasteiger partial charge in [0.25, 0.3) is 0 Å². The van der Waals surface area contributed by atoms with Crippen molar-refractivity contribution in [2.45, 2.75) is 45.1 Å². The Morgan fingerprint density at radius 2 is 2.33 bits per heavy atom. The molecule has 100 valence electrons.